The van der Waals surface area contributed by atoms with Gasteiger partial charge in [0.05, 0.1) is 11.0 Å². The van der Waals surface area contributed by atoms with E-state index in [0.29, 0.717) is 0 Å². The zero-order chi connectivity index (χ0) is 13.4. The Kier molecular flexibility index (Phi) is 3.12. The van der Waals surface area contributed by atoms with Crippen LogP contribution in [0.25, 0.3) is 16.7 Å². The van der Waals surface area contributed by atoms with Crippen LogP contribution in [0.5, 0.6) is 0 Å². The van der Waals surface area contributed by atoms with E-state index in [0.717, 1.165) is 26.8 Å². The van der Waals surface area contributed by atoms with E-state index in [2.05, 4.69) is 55.8 Å². The van der Waals surface area contributed by atoms with E-state index in [4.69, 9.17) is 5.73 Å². The second-order valence-corrected chi connectivity index (χ2v) is 5.55. The Morgan fingerprint density at radius 3 is 2.79 bits per heavy atom. The molecule has 3 rings (SSSR count). The van der Waals surface area contributed by atoms with Crippen molar-refractivity contribution < 1.29 is 0 Å². The number of hydrogen-bond donors (Lipinski definition) is 1. The molecule has 0 aliphatic rings. The molecule has 0 saturated heterocycles. The Bertz CT molecular complexity index is 731. The van der Waals surface area contributed by atoms with Gasteiger partial charge in [0.25, 0.3) is 0 Å². The van der Waals surface area contributed by atoms with Crippen molar-refractivity contribution in [3.05, 3.63) is 58.8 Å². The van der Waals surface area contributed by atoms with Crippen LogP contribution in [0.15, 0.2) is 53.3 Å². The van der Waals surface area contributed by atoms with E-state index in [9.17, 15) is 0 Å². The van der Waals surface area contributed by atoms with Crippen LogP contribution in [-0.4, -0.2) is 9.55 Å². The van der Waals surface area contributed by atoms with E-state index in [1.54, 1.807) is 0 Å². The van der Waals surface area contributed by atoms with Gasteiger partial charge in [-0.15, -0.1) is 0 Å². The number of nitrogens with two attached hydrogens (primary N) is 1. The fraction of sp³-hybridized carbons (Fsp3) is 0.133. The fourth-order valence-electron chi connectivity index (χ4n) is 2.14. The number of aromatic nitrogens is 2. The predicted octanol–water partition coefficient (Wildman–Crippen LogP) is 3.81. The second kappa shape index (κ2) is 4.79. The number of benzene rings is 2. The molecule has 1 aromatic heterocycles. The maximum atomic E-state index is 5.90. The highest BCUT2D eigenvalue weighted by Gasteiger charge is 2.07. The first-order valence-corrected chi connectivity index (χ1v) is 6.93. The lowest BCUT2D eigenvalue weighted by molar-refractivity contribution is 0.819. The van der Waals surface area contributed by atoms with Crippen molar-refractivity contribution in [2.45, 2.75) is 13.0 Å². The molecular weight excluding hydrogens is 302 g/mol. The summed E-state index contributed by atoms with van der Waals surface area (Å²) < 4.78 is 3.13. The molecule has 0 radical (unpaired) electrons. The number of halogens is 1. The highest BCUT2D eigenvalue weighted by atomic mass is 79.9. The molecule has 0 bridgehead atoms. The zero-order valence-corrected chi connectivity index (χ0v) is 12.1. The van der Waals surface area contributed by atoms with Gasteiger partial charge in [0.2, 0.25) is 0 Å². The molecule has 0 aliphatic carbocycles. The predicted molar refractivity (Wildman–Crippen MR) is 81.4 cm³/mol. The molecule has 1 heterocycles. The average Bonchev–Trinajstić information content (AvgIpc) is 2.81. The van der Waals surface area contributed by atoms with Crippen molar-refractivity contribution in [1.82, 2.24) is 9.55 Å². The quantitative estimate of drug-likeness (QED) is 0.781. The number of hydrogen-bond acceptors (Lipinski definition) is 2. The molecule has 96 valence electrons. The highest BCUT2D eigenvalue weighted by Crippen LogP contribution is 2.23. The molecule has 2 aromatic carbocycles. The summed E-state index contributed by atoms with van der Waals surface area (Å²) in [6.07, 6.45) is 1.84. The topological polar surface area (TPSA) is 43.8 Å². The molecular formula is C15H14BrN3. The van der Waals surface area contributed by atoms with Gasteiger partial charge in [-0.1, -0.05) is 28.1 Å². The third-order valence-corrected chi connectivity index (χ3v) is 3.68. The normalized spacial score (nSPS) is 12.8. The summed E-state index contributed by atoms with van der Waals surface area (Å²) >= 11 is 3.49. The fourth-order valence-corrected chi connectivity index (χ4v) is 2.53. The van der Waals surface area contributed by atoms with Crippen molar-refractivity contribution in [3.63, 3.8) is 0 Å². The molecule has 19 heavy (non-hydrogen) atoms. The van der Waals surface area contributed by atoms with Crippen molar-refractivity contribution >= 4 is 27.0 Å². The Balaban J connectivity index is 2.16. The minimum atomic E-state index is 0.0282. The van der Waals surface area contributed by atoms with Gasteiger partial charge in [0, 0.05) is 16.2 Å². The lowest BCUT2D eigenvalue weighted by atomic mass is 10.1. The Morgan fingerprint density at radius 2 is 2.05 bits per heavy atom. The Hall–Kier alpha value is -1.65. The Labute approximate surface area is 120 Å². The van der Waals surface area contributed by atoms with E-state index >= 15 is 0 Å². The molecule has 0 aliphatic heterocycles. The first kappa shape index (κ1) is 12.4. The van der Waals surface area contributed by atoms with E-state index in [1.165, 1.54) is 0 Å². The van der Waals surface area contributed by atoms with Gasteiger partial charge >= 0.3 is 0 Å². The van der Waals surface area contributed by atoms with Gasteiger partial charge in [0.15, 0.2) is 0 Å². The Morgan fingerprint density at radius 1 is 1.21 bits per heavy atom. The van der Waals surface area contributed by atoms with Gasteiger partial charge in [-0.3, -0.25) is 4.57 Å². The maximum Gasteiger partial charge on any atom is 0.100 e. The standard InChI is InChI=1S/C15H14BrN3/c1-10(17)11-5-6-15-14(7-11)18-9-19(15)13-4-2-3-12(16)8-13/h2-10H,17H2,1H3/t10-/m1/s1. The molecule has 0 spiro atoms. The van der Waals surface area contributed by atoms with Gasteiger partial charge in [-0.25, -0.2) is 4.98 Å². The first-order chi connectivity index (χ1) is 9.15. The van der Waals surface area contributed by atoms with E-state index in [1.807, 2.05) is 25.4 Å². The SMILES string of the molecule is C[C@@H](N)c1ccc2c(c1)ncn2-c1cccc(Br)c1. The minimum Gasteiger partial charge on any atom is -0.324 e. The molecule has 3 nitrogen and oxygen atoms in total. The number of nitrogens with zero attached hydrogens (tertiary/aromatic N) is 2. The first-order valence-electron chi connectivity index (χ1n) is 6.13. The van der Waals surface area contributed by atoms with Crippen molar-refractivity contribution in [1.29, 1.82) is 0 Å². The van der Waals surface area contributed by atoms with Crippen LogP contribution in [0.1, 0.15) is 18.5 Å². The highest BCUT2D eigenvalue weighted by molar-refractivity contribution is 9.10. The summed E-state index contributed by atoms with van der Waals surface area (Å²) in [4.78, 5) is 4.46. The third-order valence-electron chi connectivity index (χ3n) is 3.18. The lowest BCUT2D eigenvalue weighted by Gasteiger charge is -2.07. The minimum absolute atomic E-state index is 0.0282. The monoisotopic (exact) mass is 315 g/mol. The summed E-state index contributed by atoms with van der Waals surface area (Å²) in [6, 6.07) is 14.4. The summed E-state index contributed by atoms with van der Waals surface area (Å²) in [7, 11) is 0. The molecule has 4 heteroatoms. The molecule has 0 saturated carbocycles. The summed E-state index contributed by atoms with van der Waals surface area (Å²) in [5.74, 6) is 0. The van der Waals surface area contributed by atoms with Crippen molar-refractivity contribution in [2.75, 3.05) is 0 Å². The maximum absolute atomic E-state index is 5.90. The van der Waals surface area contributed by atoms with Crippen LogP contribution >= 0.6 is 15.9 Å². The smallest absolute Gasteiger partial charge is 0.100 e. The van der Waals surface area contributed by atoms with Crippen LogP contribution in [0.2, 0.25) is 0 Å². The molecule has 2 N–H and O–H groups in total. The van der Waals surface area contributed by atoms with Gasteiger partial charge in [-0.05, 0) is 42.8 Å². The molecule has 3 aromatic rings. The largest absolute Gasteiger partial charge is 0.324 e. The van der Waals surface area contributed by atoms with Gasteiger partial charge in [-0.2, -0.15) is 0 Å². The number of fused-ring (bicyclic) bond motifs is 1. The molecule has 0 fully saturated rings. The summed E-state index contributed by atoms with van der Waals surface area (Å²) in [5, 5.41) is 0. The van der Waals surface area contributed by atoms with E-state index < -0.39 is 0 Å². The molecule has 1 atom stereocenters. The van der Waals surface area contributed by atoms with Gasteiger partial charge in [0.1, 0.15) is 6.33 Å². The van der Waals surface area contributed by atoms with Crippen LogP contribution in [-0.2, 0) is 0 Å². The van der Waals surface area contributed by atoms with Crippen LogP contribution in [0.3, 0.4) is 0 Å². The van der Waals surface area contributed by atoms with Crippen molar-refractivity contribution in [2.24, 2.45) is 5.73 Å². The molecule has 0 amide bonds. The van der Waals surface area contributed by atoms with Crippen LogP contribution in [0, 0.1) is 0 Å². The zero-order valence-electron chi connectivity index (χ0n) is 10.5. The van der Waals surface area contributed by atoms with Crippen molar-refractivity contribution in [3.8, 4) is 5.69 Å². The summed E-state index contributed by atoms with van der Waals surface area (Å²) in [6.45, 7) is 1.98. The molecule has 0 unspecified atom stereocenters. The number of imidazole rings is 1. The third kappa shape index (κ3) is 2.29. The average molecular weight is 316 g/mol. The van der Waals surface area contributed by atoms with Gasteiger partial charge < -0.3 is 5.73 Å². The van der Waals surface area contributed by atoms with E-state index in [-0.39, 0.29) is 6.04 Å². The lowest BCUT2D eigenvalue weighted by Crippen LogP contribution is -2.04. The number of rotatable bonds is 2. The summed E-state index contributed by atoms with van der Waals surface area (Å²) in [5.41, 5.74) is 10.1. The van der Waals surface area contributed by atoms with Crippen LogP contribution < -0.4 is 5.73 Å². The second-order valence-electron chi connectivity index (χ2n) is 4.63. The van der Waals surface area contributed by atoms with Crippen LogP contribution in [0.4, 0.5) is 0 Å².